The predicted octanol–water partition coefficient (Wildman–Crippen LogP) is 7.91. The molecule has 0 radical (unpaired) electrons. The lowest BCUT2D eigenvalue weighted by molar-refractivity contribution is -0.432. The average molecular weight is 512 g/mol. The fourth-order valence-electron chi connectivity index (χ4n) is 3.34. The van der Waals surface area contributed by atoms with Crippen molar-refractivity contribution in [1.82, 2.24) is 0 Å². The first-order valence-electron chi connectivity index (χ1n) is 10.8. The smallest absolute Gasteiger partial charge is 0.317 e. The van der Waals surface area contributed by atoms with Crippen molar-refractivity contribution in [2.24, 2.45) is 0 Å². The molecule has 34 heavy (non-hydrogen) atoms. The molecule has 1 unspecified atom stereocenters. The predicted molar refractivity (Wildman–Crippen MR) is 106 cm³/mol. The minimum atomic E-state index is -5.06. The Kier molecular flexibility index (Phi) is 12.1. The molecule has 0 aliphatic heterocycles. The fourth-order valence-corrected chi connectivity index (χ4v) is 3.34. The van der Waals surface area contributed by atoms with Crippen LogP contribution in [0.25, 0.3) is 0 Å². The normalized spacial score (nSPS) is 14.4. The van der Waals surface area contributed by atoms with E-state index in [0.29, 0.717) is 12.8 Å². The van der Waals surface area contributed by atoms with E-state index in [9.17, 15) is 39.5 Å². The molecule has 0 amide bonds. The lowest BCUT2D eigenvalue weighted by Gasteiger charge is -2.40. The Balaban J connectivity index is 3.35. The molecule has 198 valence electrons. The summed E-state index contributed by atoms with van der Waals surface area (Å²) in [4.78, 5) is 0. The van der Waals surface area contributed by atoms with E-state index in [1.165, 1.54) is 30.3 Å². The third kappa shape index (κ3) is 12.8. The van der Waals surface area contributed by atoms with Gasteiger partial charge in [-0.3, -0.25) is 0 Å². The standard InChI is InChI=1S/C22H29F9O3/c1-2-3-4-5-6-10-13-18(17-11-8-7-9-12-17)22(32-14-19(23,24)25,33-15-20(26,27)28)34-16-21(29,30)31/h7-9,11-12,18H,2-6,10,13-16H2,1H3. The van der Waals surface area contributed by atoms with Crippen LogP contribution in [0.2, 0.25) is 0 Å². The van der Waals surface area contributed by atoms with E-state index in [2.05, 4.69) is 14.2 Å². The Morgan fingerprint density at radius 2 is 1.03 bits per heavy atom. The molecule has 0 saturated carbocycles. The Labute approximate surface area is 192 Å². The molecule has 0 bridgehead atoms. The molecule has 1 atom stereocenters. The molecule has 3 nitrogen and oxygen atoms in total. The average Bonchev–Trinajstić information content (AvgIpc) is 2.72. The van der Waals surface area contributed by atoms with Gasteiger partial charge < -0.3 is 14.2 Å². The van der Waals surface area contributed by atoms with Gasteiger partial charge in [0.1, 0.15) is 19.8 Å². The minimum Gasteiger partial charge on any atom is -0.317 e. The van der Waals surface area contributed by atoms with Gasteiger partial charge in [-0.15, -0.1) is 0 Å². The molecule has 0 spiro atoms. The first kappa shape index (κ1) is 30.5. The van der Waals surface area contributed by atoms with Crippen LogP contribution in [0.15, 0.2) is 30.3 Å². The van der Waals surface area contributed by atoms with Gasteiger partial charge in [0.25, 0.3) is 5.97 Å². The maximum atomic E-state index is 12.9. The lowest BCUT2D eigenvalue weighted by atomic mass is 9.90. The highest BCUT2D eigenvalue weighted by atomic mass is 19.4. The van der Waals surface area contributed by atoms with Gasteiger partial charge in [-0.05, 0) is 12.0 Å². The number of rotatable bonds is 15. The maximum absolute atomic E-state index is 12.9. The molecule has 0 aromatic heterocycles. The summed E-state index contributed by atoms with van der Waals surface area (Å²) in [7, 11) is 0. The molecule has 0 heterocycles. The van der Waals surface area contributed by atoms with E-state index in [1.807, 2.05) is 6.92 Å². The van der Waals surface area contributed by atoms with Crippen LogP contribution < -0.4 is 0 Å². The summed E-state index contributed by atoms with van der Waals surface area (Å²) in [5.41, 5.74) is 0.127. The molecular formula is C22H29F9O3. The summed E-state index contributed by atoms with van der Waals surface area (Å²) in [5.74, 6) is -4.77. The molecule has 0 N–H and O–H groups in total. The number of hydrogen-bond acceptors (Lipinski definition) is 3. The third-order valence-electron chi connectivity index (χ3n) is 4.79. The van der Waals surface area contributed by atoms with Gasteiger partial charge in [0.2, 0.25) is 0 Å². The van der Waals surface area contributed by atoms with Crippen molar-refractivity contribution in [3.05, 3.63) is 35.9 Å². The van der Waals surface area contributed by atoms with Crippen LogP contribution in [0.5, 0.6) is 0 Å². The van der Waals surface area contributed by atoms with Gasteiger partial charge in [-0.2, -0.15) is 39.5 Å². The van der Waals surface area contributed by atoms with Crippen LogP contribution >= 0.6 is 0 Å². The Bertz CT molecular complexity index is 627. The van der Waals surface area contributed by atoms with Crippen LogP contribution in [-0.4, -0.2) is 44.3 Å². The third-order valence-corrected chi connectivity index (χ3v) is 4.79. The molecule has 12 heteroatoms. The van der Waals surface area contributed by atoms with Crippen molar-refractivity contribution >= 4 is 0 Å². The van der Waals surface area contributed by atoms with E-state index in [-0.39, 0.29) is 12.0 Å². The molecule has 0 saturated heterocycles. The summed E-state index contributed by atoms with van der Waals surface area (Å²) in [6, 6.07) is 7.16. The molecule has 1 aromatic carbocycles. The summed E-state index contributed by atoms with van der Waals surface area (Å²) in [6.45, 7) is -4.50. The topological polar surface area (TPSA) is 27.7 Å². The molecule has 1 aromatic rings. The summed E-state index contributed by atoms with van der Waals surface area (Å²) < 4.78 is 130. The van der Waals surface area contributed by atoms with Crippen LogP contribution in [0.3, 0.4) is 0 Å². The van der Waals surface area contributed by atoms with E-state index < -0.39 is 50.2 Å². The second-order valence-corrected chi connectivity index (χ2v) is 7.83. The van der Waals surface area contributed by atoms with Crippen molar-refractivity contribution in [2.45, 2.75) is 82.3 Å². The van der Waals surface area contributed by atoms with Crippen molar-refractivity contribution in [2.75, 3.05) is 19.8 Å². The highest BCUT2D eigenvalue weighted by molar-refractivity contribution is 5.21. The van der Waals surface area contributed by atoms with Crippen LogP contribution in [-0.2, 0) is 14.2 Å². The van der Waals surface area contributed by atoms with Gasteiger partial charge in [0, 0.05) is 0 Å². The highest BCUT2D eigenvalue weighted by Crippen LogP contribution is 2.41. The molecule has 0 aliphatic rings. The van der Waals surface area contributed by atoms with E-state index in [4.69, 9.17) is 0 Å². The second kappa shape index (κ2) is 13.5. The zero-order chi connectivity index (χ0) is 25.9. The van der Waals surface area contributed by atoms with Gasteiger partial charge in [-0.25, -0.2) is 0 Å². The first-order valence-corrected chi connectivity index (χ1v) is 10.8. The zero-order valence-electron chi connectivity index (χ0n) is 18.7. The van der Waals surface area contributed by atoms with E-state index in [0.717, 1.165) is 25.7 Å². The number of hydrogen-bond donors (Lipinski definition) is 0. The Morgan fingerprint density at radius 1 is 0.618 bits per heavy atom. The fraction of sp³-hybridized carbons (Fsp3) is 0.727. The quantitative estimate of drug-likeness (QED) is 0.136. The number of unbranched alkanes of at least 4 members (excludes halogenated alkanes) is 5. The maximum Gasteiger partial charge on any atom is 0.412 e. The van der Waals surface area contributed by atoms with E-state index >= 15 is 0 Å². The summed E-state index contributed by atoms with van der Waals surface area (Å²) >= 11 is 0. The number of alkyl halides is 9. The first-order chi connectivity index (χ1) is 15.7. The van der Waals surface area contributed by atoms with Crippen molar-refractivity contribution in [1.29, 1.82) is 0 Å². The Hall–Kier alpha value is -1.53. The van der Waals surface area contributed by atoms with E-state index in [1.54, 1.807) is 0 Å². The largest absolute Gasteiger partial charge is 0.412 e. The molecular weight excluding hydrogens is 483 g/mol. The van der Waals surface area contributed by atoms with Crippen LogP contribution in [0.1, 0.15) is 63.4 Å². The van der Waals surface area contributed by atoms with Crippen molar-refractivity contribution in [3.63, 3.8) is 0 Å². The van der Waals surface area contributed by atoms with Gasteiger partial charge in [-0.1, -0.05) is 75.8 Å². The minimum absolute atomic E-state index is 0.121. The Morgan fingerprint density at radius 3 is 1.44 bits per heavy atom. The van der Waals surface area contributed by atoms with Crippen LogP contribution in [0, 0.1) is 0 Å². The van der Waals surface area contributed by atoms with Gasteiger partial charge >= 0.3 is 18.5 Å². The summed E-state index contributed by atoms with van der Waals surface area (Å²) in [5, 5.41) is 0. The lowest BCUT2D eigenvalue weighted by Crippen LogP contribution is -2.50. The molecule has 0 fully saturated rings. The molecule has 0 aliphatic carbocycles. The number of ether oxygens (including phenoxy) is 3. The number of benzene rings is 1. The highest BCUT2D eigenvalue weighted by Gasteiger charge is 2.50. The number of halogens is 9. The zero-order valence-corrected chi connectivity index (χ0v) is 18.7. The monoisotopic (exact) mass is 512 g/mol. The van der Waals surface area contributed by atoms with Gasteiger partial charge in [0.15, 0.2) is 0 Å². The van der Waals surface area contributed by atoms with Crippen LogP contribution in [0.4, 0.5) is 39.5 Å². The van der Waals surface area contributed by atoms with Gasteiger partial charge in [0.05, 0.1) is 5.92 Å². The molecule has 1 rings (SSSR count). The second-order valence-electron chi connectivity index (χ2n) is 7.83. The summed E-state index contributed by atoms with van der Waals surface area (Å²) in [6.07, 6.45) is -10.9. The SMILES string of the molecule is CCCCCCCCC(c1ccccc1)C(OCC(F)(F)F)(OCC(F)(F)F)OCC(F)(F)F. The van der Waals surface area contributed by atoms with Crippen molar-refractivity contribution < 1.29 is 53.7 Å². The van der Waals surface area contributed by atoms with Crippen molar-refractivity contribution in [3.8, 4) is 0 Å².